The standard InChI is InChI=1S/C75H52N2/c1-6-25-55(26-7-1)74-68-38-19-18-24-54(68)42-45-69(74)58-29-22-28-56(47-58)59-49-66(76(62-34-12-4-13-35-62)63-36-14-5-15-37-63)51-67(50-59)77(64-43-41-53-23-16-17-27-57(53)48-64)65-44-46-71-70-39-20-21-40-72(70)75(73(71)52-65,60-30-8-2-9-31-60)61-32-10-3-11-33-61/h1-52H. The molecule has 0 amide bonds. The molecule has 0 N–H and O–H groups in total. The number of hydrogen-bond donors (Lipinski definition) is 0. The number of nitrogens with zero attached hydrogens (tertiary/aromatic N) is 2. The van der Waals surface area contributed by atoms with Crippen molar-refractivity contribution in [2.24, 2.45) is 0 Å². The lowest BCUT2D eigenvalue weighted by molar-refractivity contribution is 0.768. The molecule has 0 radical (unpaired) electrons. The average Bonchev–Trinajstić information content (AvgIpc) is 3.85. The lowest BCUT2D eigenvalue weighted by Gasteiger charge is -2.35. The largest absolute Gasteiger partial charge is 0.310 e. The van der Waals surface area contributed by atoms with Crippen LogP contribution in [0.1, 0.15) is 22.3 Å². The van der Waals surface area contributed by atoms with E-state index in [1.807, 2.05) is 0 Å². The van der Waals surface area contributed by atoms with Crippen LogP contribution in [0.15, 0.2) is 315 Å². The summed E-state index contributed by atoms with van der Waals surface area (Å²) >= 11 is 0. The number of fused-ring (bicyclic) bond motifs is 5. The smallest absolute Gasteiger partial charge is 0.0714 e. The summed E-state index contributed by atoms with van der Waals surface area (Å²) in [5.74, 6) is 0. The Kier molecular flexibility index (Phi) is 11.5. The van der Waals surface area contributed by atoms with E-state index in [2.05, 4.69) is 325 Å². The van der Waals surface area contributed by atoms with Gasteiger partial charge in [0.2, 0.25) is 0 Å². The van der Waals surface area contributed by atoms with Gasteiger partial charge in [-0.2, -0.15) is 0 Å². The summed E-state index contributed by atoms with van der Waals surface area (Å²) in [5.41, 5.74) is 20.3. The quantitative estimate of drug-likeness (QED) is 0.127. The lowest BCUT2D eigenvalue weighted by atomic mass is 9.67. The SMILES string of the molecule is c1ccc(-c2c(-c3cccc(-c4cc(N(c5ccccc5)c5ccccc5)cc(N(c5ccc6c(c5)C(c5ccccc5)(c5ccccc5)c5ccccc5-6)c5ccc6ccccc6c5)c4)c3)ccc3ccccc23)cc1. The van der Waals surface area contributed by atoms with Gasteiger partial charge in [-0.15, -0.1) is 0 Å². The molecule has 14 rings (SSSR count). The summed E-state index contributed by atoms with van der Waals surface area (Å²) in [6, 6.07) is 116. The Morgan fingerprint density at radius 3 is 1.39 bits per heavy atom. The van der Waals surface area contributed by atoms with Crippen LogP contribution in [-0.2, 0) is 5.41 Å². The summed E-state index contributed by atoms with van der Waals surface area (Å²) < 4.78 is 0. The van der Waals surface area contributed by atoms with Crippen molar-refractivity contribution in [1.82, 2.24) is 0 Å². The zero-order chi connectivity index (χ0) is 51.1. The molecule has 0 fully saturated rings. The fraction of sp³-hybridized carbons (Fsp3) is 0.0133. The minimum atomic E-state index is -0.578. The van der Waals surface area contributed by atoms with Crippen molar-refractivity contribution in [3.05, 3.63) is 338 Å². The molecule has 13 aromatic carbocycles. The van der Waals surface area contributed by atoms with E-state index in [1.165, 1.54) is 71.6 Å². The second-order valence-corrected chi connectivity index (χ2v) is 20.0. The second-order valence-electron chi connectivity index (χ2n) is 20.0. The second kappa shape index (κ2) is 19.4. The van der Waals surface area contributed by atoms with E-state index in [4.69, 9.17) is 0 Å². The Morgan fingerprint density at radius 1 is 0.221 bits per heavy atom. The Balaban J connectivity index is 1.04. The van der Waals surface area contributed by atoms with Crippen molar-refractivity contribution in [2.75, 3.05) is 9.80 Å². The van der Waals surface area contributed by atoms with E-state index >= 15 is 0 Å². The summed E-state index contributed by atoms with van der Waals surface area (Å²) in [7, 11) is 0. The molecular formula is C75H52N2. The highest BCUT2D eigenvalue weighted by Crippen LogP contribution is 2.57. The molecule has 2 nitrogen and oxygen atoms in total. The van der Waals surface area contributed by atoms with E-state index in [0.717, 1.165) is 50.8 Å². The Hall–Kier alpha value is -10.0. The van der Waals surface area contributed by atoms with Gasteiger partial charge in [-0.25, -0.2) is 0 Å². The minimum Gasteiger partial charge on any atom is -0.310 e. The molecule has 1 aliphatic carbocycles. The molecule has 0 atom stereocenters. The summed E-state index contributed by atoms with van der Waals surface area (Å²) in [6.45, 7) is 0. The summed E-state index contributed by atoms with van der Waals surface area (Å²) in [6.07, 6.45) is 0. The van der Waals surface area contributed by atoms with Crippen LogP contribution in [-0.4, -0.2) is 0 Å². The monoisotopic (exact) mass is 980 g/mol. The Morgan fingerprint density at radius 2 is 0.701 bits per heavy atom. The van der Waals surface area contributed by atoms with Gasteiger partial charge >= 0.3 is 0 Å². The molecule has 0 aromatic heterocycles. The molecule has 0 unspecified atom stereocenters. The summed E-state index contributed by atoms with van der Waals surface area (Å²) in [5, 5.41) is 4.83. The highest BCUT2D eigenvalue weighted by Gasteiger charge is 2.46. The third-order valence-corrected chi connectivity index (χ3v) is 15.6. The first kappa shape index (κ1) is 45.6. The van der Waals surface area contributed by atoms with Gasteiger partial charge in [0.15, 0.2) is 0 Å². The summed E-state index contributed by atoms with van der Waals surface area (Å²) in [4.78, 5) is 4.87. The fourth-order valence-electron chi connectivity index (χ4n) is 12.3. The predicted molar refractivity (Wildman–Crippen MR) is 324 cm³/mol. The molecule has 362 valence electrons. The lowest BCUT2D eigenvalue weighted by Crippen LogP contribution is -2.28. The third kappa shape index (κ3) is 7.98. The maximum absolute atomic E-state index is 2.48. The molecule has 13 aromatic rings. The number of rotatable bonds is 11. The van der Waals surface area contributed by atoms with Crippen LogP contribution in [0.25, 0.3) is 66.1 Å². The van der Waals surface area contributed by atoms with Gasteiger partial charge in [-0.1, -0.05) is 243 Å². The molecule has 77 heavy (non-hydrogen) atoms. The van der Waals surface area contributed by atoms with E-state index in [-0.39, 0.29) is 0 Å². The van der Waals surface area contributed by atoms with Crippen LogP contribution in [0.2, 0.25) is 0 Å². The van der Waals surface area contributed by atoms with Gasteiger partial charge in [0.1, 0.15) is 0 Å². The highest BCUT2D eigenvalue weighted by molar-refractivity contribution is 6.05. The van der Waals surface area contributed by atoms with Gasteiger partial charge in [-0.05, 0) is 161 Å². The van der Waals surface area contributed by atoms with Crippen molar-refractivity contribution in [3.63, 3.8) is 0 Å². The first-order valence-corrected chi connectivity index (χ1v) is 26.6. The Labute approximate surface area is 450 Å². The number of hydrogen-bond acceptors (Lipinski definition) is 2. The maximum Gasteiger partial charge on any atom is 0.0714 e. The highest BCUT2D eigenvalue weighted by atomic mass is 15.2. The van der Waals surface area contributed by atoms with Crippen LogP contribution < -0.4 is 9.80 Å². The van der Waals surface area contributed by atoms with Crippen LogP contribution in [0.4, 0.5) is 34.1 Å². The normalized spacial score (nSPS) is 12.3. The topological polar surface area (TPSA) is 6.48 Å². The zero-order valence-electron chi connectivity index (χ0n) is 42.4. The maximum atomic E-state index is 2.48. The van der Waals surface area contributed by atoms with E-state index in [1.54, 1.807) is 0 Å². The molecule has 0 bridgehead atoms. The van der Waals surface area contributed by atoms with E-state index in [9.17, 15) is 0 Å². The molecule has 2 heteroatoms. The molecule has 0 spiro atoms. The number of anilines is 6. The van der Waals surface area contributed by atoms with Gasteiger partial charge in [0, 0.05) is 34.1 Å². The van der Waals surface area contributed by atoms with Crippen molar-refractivity contribution < 1.29 is 0 Å². The van der Waals surface area contributed by atoms with Crippen molar-refractivity contribution >= 4 is 55.7 Å². The van der Waals surface area contributed by atoms with Crippen molar-refractivity contribution in [3.8, 4) is 44.5 Å². The molecule has 0 saturated carbocycles. The third-order valence-electron chi connectivity index (χ3n) is 15.6. The predicted octanol–water partition coefficient (Wildman–Crippen LogP) is 20.3. The van der Waals surface area contributed by atoms with Crippen molar-refractivity contribution in [1.29, 1.82) is 0 Å². The Bertz CT molecular complexity index is 4190. The number of benzene rings is 13. The molecule has 0 heterocycles. The van der Waals surface area contributed by atoms with Gasteiger partial charge in [0.25, 0.3) is 0 Å². The van der Waals surface area contributed by atoms with Gasteiger partial charge in [-0.3, -0.25) is 0 Å². The minimum absolute atomic E-state index is 0.578. The first-order chi connectivity index (χ1) is 38.2. The molecule has 1 aliphatic rings. The van der Waals surface area contributed by atoms with Crippen LogP contribution in [0, 0.1) is 0 Å². The van der Waals surface area contributed by atoms with Crippen LogP contribution in [0.3, 0.4) is 0 Å². The molecular weight excluding hydrogens is 929 g/mol. The molecule has 0 saturated heterocycles. The van der Waals surface area contributed by atoms with Gasteiger partial charge in [0.05, 0.1) is 5.41 Å². The van der Waals surface area contributed by atoms with Crippen molar-refractivity contribution in [2.45, 2.75) is 5.41 Å². The molecule has 0 aliphatic heterocycles. The van der Waals surface area contributed by atoms with E-state index in [0.29, 0.717) is 0 Å². The van der Waals surface area contributed by atoms with E-state index < -0.39 is 5.41 Å². The number of para-hydroxylation sites is 2. The first-order valence-electron chi connectivity index (χ1n) is 26.6. The fourth-order valence-corrected chi connectivity index (χ4v) is 12.3. The average molecular weight is 981 g/mol. The van der Waals surface area contributed by atoms with Crippen LogP contribution in [0.5, 0.6) is 0 Å². The van der Waals surface area contributed by atoms with Crippen LogP contribution >= 0.6 is 0 Å². The van der Waals surface area contributed by atoms with Gasteiger partial charge < -0.3 is 9.80 Å². The zero-order valence-corrected chi connectivity index (χ0v) is 42.4.